The first-order chi connectivity index (χ1) is 10.4. The Morgan fingerprint density at radius 1 is 1.33 bits per heavy atom. The molecule has 1 aromatic rings. The van der Waals surface area contributed by atoms with Gasteiger partial charge in [-0.05, 0) is 12.0 Å². The van der Waals surface area contributed by atoms with E-state index in [4.69, 9.17) is 4.74 Å². The zero-order chi connectivity index (χ0) is 14.3. The lowest BCUT2D eigenvalue weighted by molar-refractivity contribution is 0.0702. The lowest BCUT2D eigenvalue weighted by Crippen LogP contribution is -2.32. The van der Waals surface area contributed by atoms with Gasteiger partial charge in [0.2, 0.25) is 0 Å². The van der Waals surface area contributed by atoms with Crippen molar-refractivity contribution in [3.63, 3.8) is 0 Å². The van der Waals surface area contributed by atoms with E-state index in [0.717, 1.165) is 50.7 Å². The minimum atomic E-state index is 0.324. The van der Waals surface area contributed by atoms with Crippen LogP contribution in [0, 0.1) is 0 Å². The predicted octanol–water partition coefficient (Wildman–Crippen LogP) is 3.11. The van der Waals surface area contributed by atoms with E-state index in [1.165, 1.54) is 9.94 Å². The summed E-state index contributed by atoms with van der Waals surface area (Å²) in [4.78, 5) is 7.03. The molecule has 0 unspecified atom stereocenters. The molecule has 2 aliphatic rings. The van der Waals surface area contributed by atoms with Crippen LogP contribution in [-0.2, 0) is 11.3 Å². The smallest absolute Gasteiger partial charge is 0.124 e. The summed E-state index contributed by atoms with van der Waals surface area (Å²) < 4.78 is 7.25. The van der Waals surface area contributed by atoms with E-state index >= 15 is 0 Å². The van der Waals surface area contributed by atoms with Crippen molar-refractivity contribution in [2.24, 2.45) is 4.99 Å². The van der Waals surface area contributed by atoms with Gasteiger partial charge in [0, 0.05) is 37.7 Å². The predicted molar refractivity (Wildman–Crippen MR) is 93.3 cm³/mol. The summed E-state index contributed by atoms with van der Waals surface area (Å²) in [5.74, 6) is 2.17. The summed E-state index contributed by atoms with van der Waals surface area (Å²) in [6.07, 6.45) is 1.45. The first-order valence-corrected chi connectivity index (χ1v) is 9.55. The van der Waals surface area contributed by atoms with Gasteiger partial charge in [-0.3, -0.25) is 9.89 Å². The molecule has 2 heterocycles. The van der Waals surface area contributed by atoms with E-state index < -0.39 is 0 Å². The highest BCUT2D eigenvalue weighted by Crippen LogP contribution is 2.24. The second kappa shape index (κ2) is 8.22. The van der Waals surface area contributed by atoms with Crippen molar-refractivity contribution in [2.75, 3.05) is 37.7 Å². The molecule has 1 atom stereocenters. The largest absolute Gasteiger partial charge is 0.376 e. The minimum absolute atomic E-state index is 0.324. The van der Waals surface area contributed by atoms with E-state index in [0.29, 0.717) is 6.10 Å². The molecule has 5 heteroatoms. The third-order valence-corrected chi connectivity index (χ3v) is 6.02. The molecule has 114 valence electrons. The Balaban J connectivity index is 1.50. The maximum absolute atomic E-state index is 6.00. The Bertz CT molecular complexity index is 467. The van der Waals surface area contributed by atoms with Crippen molar-refractivity contribution in [1.82, 2.24) is 4.90 Å². The number of aliphatic imine (C=N–C) groups is 1. The van der Waals surface area contributed by atoms with Crippen molar-refractivity contribution in [2.45, 2.75) is 19.1 Å². The normalized spacial score (nSPS) is 23.8. The van der Waals surface area contributed by atoms with E-state index in [1.54, 1.807) is 0 Å². The van der Waals surface area contributed by atoms with Gasteiger partial charge in [0.15, 0.2) is 0 Å². The molecule has 3 nitrogen and oxygen atoms in total. The maximum Gasteiger partial charge on any atom is 0.124 e. The number of hydrogen-bond acceptors (Lipinski definition) is 5. The van der Waals surface area contributed by atoms with Crippen LogP contribution in [0.15, 0.2) is 35.3 Å². The lowest BCUT2D eigenvalue weighted by Gasteiger charge is -2.23. The molecule has 0 N–H and O–H groups in total. The molecule has 0 spiro atoms. The summed E-state index contributed by atoms with van der Waals surface area (Å²) in [6, 6.07) is 10.7. The van der Waals surface area contributed by atoms with Gasteiger partial charge in [-0.1, -0.05) is 53.9 Å². The van der Waals surface area contributed by atoms with Crippen molar-refractivity contribution in [3.8, 4) is 0 Å². The number of ether oxygens (including phenoxy) is 1. The Morgan fingerprint density at radius 2 is 2.24 bits per heavy atom. The number of thioether (sulfide) groups is 2. The maximum atomic E-state index is 6.00. The van der Waals surface area contributed by atoms with Crippen LogP contribution in [0.3, 0.4) is 0 Å². The van der Waals surface area contributed by atoms with Crippen LogP contribution < -0.4 is 0 Å². The summed E-state index contributed by atoms with van der Waals surface area (Å²) in [7, 11) is 0. The van der Waals surface area contributed by atoms with Gasteiger partial charge < -0.3 is 4.74 Å². The molecule has 2 aliphatic heterocycles. The zero-order valence-electron chi connectivity index (χ0n) is 12.2. The topological polar surface area (TPSA) is 24.8 Å². The molecule has 1 aromatic carbocycles. The van der Waals surface area contributed by atoms with Gasteiger partial charge in [-0.25, -0.2) is 0 Å². The Hall–Kier alpha value is -0.490. The Labute approximate surface area is 135 Å². The van der Waals surface area contributed by atoms with Crippen molar-refractivity contribution >= 4 is 27.9 Å². The molecule has 0 aliphatic carbocycles. The monoisotopic (exact) mass is 322 g/mol. The highest BCUT2D eigenvalue weighted by Gasteiger charge is 2.20. The zero-order valence-corrected chi connectivity index (χ0v) is 13.9. The van der Waals surface area contributed by atoms with Crippen LogP contribution >= 0.6 is 23.5 Å². The van der Waals surface area contributed by atoms with Crippen LogP contribution in [-0.4, -0.2) is 53.1 Å². The third-order valence-electron chi connectivity index (χ3n) is 3.63. The number of nitrogens with zero attached hydrogens (tertiary/aromatic N) is 2. The van der Waals surface area contributed by atoms with Crippen molar-refractivity contribution in [1.29, 1.82) is 0 Å². The second-order valence-electron chi connectivity index (χ2n) is 5.37. The molecule has 0 amide bonds. The fraction of sp³-hybridized carbons (Fsp3) is 0.562. The van der Waals surface area contributed by atoms with Gasteiger partial charge in [0.1, 0.15) is 4.38 Å². The molecule has 1 saturated heterocycles. The van der Waals surface area contributed by atoms with Crippen LogP contribution in [0.2, 0.25) is 0 Å². The van der Waals surface area contributed by atoms with E-state index in [-0.39, 0.29) is 0 Å². The molecular weight excluding hydrogens is 300 g/mol. The standard InChI is InChI=1S/C16H22N2OS2/c1-2-5-14(6-3-1)11-18-8-4-9-19-15(12-18)13-21-16-17-7-10-20-16/h1-3,5-6,15H,4,7-13H2/t15-/m1/s1. The fourth-order valence-electron chi connectivity index (χ4n) is 2.62. The fourth-order valence-corrected chi connectivity index (χ4v) is 4.66. The van der Waals surface area contributed by atoms with E-state index in [9.17, 15) is 0 Å². The first-order valence-electron chi connectivity index (χ1n) is 7.58. The molecule has 1 fully saturated rings. The Morgan fingerprint density at radius 3 is 3.05 bits per heavy atom. The van der Waals surface area contributed by atoms with Gasteiger partial charge in [0.25, 0.3) is 0 Å². The summed E-state index contributed by atoms with van der Waals surface area (Å²) >= 11 is 3.75. The van der Waals surface area contributed by atoms with Crippen LogP contribution in [0.4, 0.5) is 0 Å². The number of benzene rings is 1. The molecule has 21 heavy (non-hydrogen) atoms. The summed E-state index contributed by atoms with van der Waals surface area (Å²) in [6.45, 7) is 5.06. The summed E-state index contributed by atoms with van der Waals surface area (Å²) in [5, 5.41) is 0. The Kier molecular flexibility index (Phi) is 6.03. The average Bonchev–Trinajstić information content (AvgIpc) is 2.93. The molecule has 0 saturated carbocycles. The third kappa shape index (κ3) is 5.02. The van der Waals surface area contributed by atoms with E-state index in [1.807, 2.05) is 23.5 Å². The summed E-state index contributed by atoms with van der Waals surface area (Å²) in [5.41, 5.74) is 1.39. The van der Waals surface area contributed by atoms with E-state index in [2.05, 4.69) is 40.2 Å². The minimum Gasteiger partial charge on any atom is -0.376 e. The lowest BCUT2D eigenvalue weighted by atomic mass is 10.2. The van der Waals surface area contributed by atoms with Gasteiger partial charge >= 0.3 is 0 Å². The van der Waals surface area contributed by atoms with Crippen molar-refractivity contribution < 1.29 is 4.74 Å². The highest BCUT2D eigenvalue weighted by atomic mass is 32.2. The molecule has 3 rings (SSSR count). The second-order valence-corrected chi connectivity index (χ2v) is 7.72. The van der Waals surface area contributed by atoms with Gasteiger partial charge in [-0.2, -0.15) is 0 Å². The van der Waals surface area contributed by atoms with Gasteiger partial charge in [-0.15, -0.1) is 0 Å². The highest BCUT2D eigenvalue weighted by molar-refractivity contribution is 8.39. The molecule has 0 radical (unpaired) electrons. The first kappa shape index (κ1) is 15.4. The van der Waals surface area contributed by atoms with Crippen molar-refractivity contribution in [3.05, 3.63) is 35.9 Å². The molecule has 0 bridgehead atoms. The molecular formula is C16H22N2OS2. The van der Waals surface area contributed by atoms with Crippen LogP contribution in [0.1, 0.15) is 12.0 Å². The average molecular weight is 322 g/mol. The number of hydrogen-bond donors (Lipinski definition) is 0. The number of rotatable bonds is 4. The quantitative estimate of drug-likeness (QED) is 0.850. The van der Waals surface area contributed by atoms with Crippen LogP contribution in [0.5, 0.6) is 0 Å². The van der Waals surface area contributed by atoms with Gasteiger partial charge in [0.05, 0.1) is 12.6 Å². The molecule has 0 aromatic heterocycles. The SMILES string of the molecule is c1ccc(CN2CCCO[C@@H](CSC3=NCCS3)C2)cc1. The van der Waals surface area contributed by atoms with Crippen LogP contribution in [0.25, 0.3) is 0 Å².